The van der Waals surface area contributed by atoms with Crippen molar-refractivity contribution in [2.45, 2.75) is 50.7 Å². The predicted octanol–water partition coefficient (Wildman–Crippen LogP) is 3.14. The third kappa shape index (κ3) is 3.33. The molecule has 6 nitrogen and oxygen atoms in total. The van der Waals surface area contributed by atoms with E-state index in [4.69, 9.17) is 5.73 Å². The molecule has 1 aliphatic carbocycles. The molecule has 1 aromatic carbocycles. The minimum atomic E-state index is -4.57. The number of alkyl halides is 3. The highest BCUT2D eigenvalue weighted by atomic mass is 19.4. The van der Waals surface area contributed by atoms with Gasteiger partial charge in [-0.25, -0.2) is 4.99 Å². The van der Waals surface area contributed by atoms with Gasteiger partial charge in [-0.05, 0) is 37.0 Å². The molecule has 2 aliphatic rings. The van der Waals surface area contributed by atoms with E-state index in [1.807, 2.05) is 6.92 Å². The van der Waals surface area contributed by atoms with Gasteiger partial charge in [-0.2, -0.15) is 13.2 Å². The largest absolute Gasteiger partial charge is 0.403 e. The molecule has 28 heavy (non-hydrogen) atoms. The molecule has 0 bridgehead atoms. The van der Waals surface area contributed by atoms with Crippen molar-refractivity contribution in [3.05, 3.63) is 29.8 Å². The summed E-state index contributed by atoms with van der Waals surface area (Å²) < 4.78 is 39.5. The standard InChI is InChI=1S/C19H23F3N4O2/c1-3-7-18(11-14(27)26(2)16(23)25-18)12-5-4-6-13(10-12)24-15(28)17(8-9-17)19(20,21)22/h4-6,10H,3,7-9,11H2,1-2H3,(H2,23,25)(H,24,28)/t18-/m0/s1. The Kier molecular flexibility index (Phi) is 4.89. The number of hydrogen-bond acceptors (Lipinski definition) is 4. The van der Waals surface area contributed by atoms with Crippen molar-refractivity contribution < 1.29 is 22.8 Å². The summed E-state index contributed by atoms with van der Waals surface area (Å²) in [4.78, 5) is 30.4. The lowest BCUT2D eigenvalue weighted by molar-refractivity contribution is -0.189. The third-order valence-corrected chi connectivity index (χ3v) is 5.54. The van der Waals surface area contributed by atoms with Crippen molar-refractivity contribution in [2.24, 2.45) is 16.1 Å². The smallest absolute Gasteiger partial charge is 0.369 e. The van der Waals surface area contributed by atoms with Gasteiger partial charge in [-0.15, -0.1) is 0 Å². The van der Waals surface area contributed by atoms with E-state index in [9.17, 15) is 22.8 Å². The van der Waals surface area contributed by atoms with E-state index in [0.29, 0.717) is 12.0 Å². The van der Waals surface area contributed by atoms with Gasteiger partial charge in [-0.1, -0.05) is 25.5 Å². The number of aliphatic imine (C=N–C) groups is 1. The maximum Gasteiger partial charge on any atom is 0.403 e. The Morgan fingerprint density at radius 1 is 1.36 bits per heavy atom. The van der Waals surface area contributed by atoms with Crippen molar-refractivity contribution in [1.29, 1.82) is 0 Å². The van der Waals surface area contributed by atoms with Crippen LogP contribution < -0.4 is 11.1 Å². The molecule has 0 radical (unpaired) electrons. The highest BCUT2D eigenvalue weighted by Gasteiger charge is 2.68. The maximum atomic E-state index is 13.2. The van der Waals surface area contributed by atoms with E-state index < -0.39 is 23.0 Å². The van der Waals surface area contributed by atoms with Crippen LogP contribution >= 0.6 is 0 Å². The molecule has 3 N–H and O–H groups in total. The van der Waals surface area contributed by atoms with Gasteiger partial charge in [0.05, 0.1) is 12.0 Å². The van der Waals surface area contributed by atoms with Crippen LogP contribution in [0.15, 0.2) is 29.3 Å². The predicted molar refractivity (Wildman–Crippen MR) is 98.4 cm³/mol. The van der Waals surface area contributed by atoms with Gasteiger partial charge in [0.15, 0.2) is 5.96 Å². The van der Waals surface area contributed by atoms with Crippen LogP contribution in [0.3, 0.4) is 0 Å². The Labute approximate surface area is 161 Å². The molecule has 1 fully saturated rings. The summed E-state index contributed by atoms with van der Waals surface area (Å²) in [6, 6.07) is 6.48. The lowest BCUT2D eigenvalue weighted by Gasteiger charge is -2.36. The van der Waals surface area contributed by atoms with Crippen molar-refractivity contribution in [1.82, 2.24) is 4.90 Å². The Morgan fingerprint density at radius 2 is 2.04 bits per heavy atom. The van der Waals surface area contributed by atoms with E-state index in [-0.39, 0.29) is 36.8 Å². The number of nitrogens with zero attached hydrogens (tertiary/aromatic N) is 2. The number of carbonyl (C=O) groups is 2. The fourth-order valence-electron chi connectivity index (χ4n) is 3.60. The summed E-state index contributed by atoms with van der Waals surface area (Å²) in [5, 5.41) is 2.39. The molecule has 1 aromatic rings. The second kappa shape index (κ2) is 6.79. The van der Waals surface area contributed by atoms with Crippen LogP contribution in [0.25, 0.3) is 0 Å². The first-order chi connectivity index (χ1) is 13.0. The molecule has 0 spiro atoms. The average Bonchev–Trinajstić information content (AvgIpc) is 3.42. The summed E-state index contributed by atoms with van der Waals surface area (Å²) in [5.74, 6) is -1.15. The molecule has 1 aliphatic heterocycles. The Hall–Kier alpha value is -2.58. The zero-order valence-electron chi connectivity index (χ0n) is 15.8. The number of carbonyl (C=O) groups excluding carboxylic acids is 2. The highest BCUT2D eigenvalue weighted by molar-refractivity contribution is 5.99. The van der Waals surface area contributed by atoms with Crippen LogP contribution in [-0.2, 0) is 15.1 Å². The number of anilines is 1. The van der Waals surface area contributed by atoms with E-state index in [1.54, 1.807) is 25.2 Å². The van der Waals surface area contributed by atoms with E-state index in [1.165, 1.54) is 11.0 Å². The Bertz CT molecular complexity index is 833. The quantitative estimate of drug-likeness (QED) is 0.802. The second-order valence-electron chi connectivity index (χ2n) is 7.50. The first kappa shape index (κ1) is 20.2. The van der Waals surface area contributed by atoms with Gasteiger partial charge >= 0.3 is 6.18 Å². The molecule has 152 valence electrons. The van der Waals surface area contributed by atoms with Crippen LogP contribution in [-0.4, -0.2) is 35.9 Å². The number of benzene rings is 1. The minimum absolute atomic E-state index is 0.0909. The number of nitrogens with one attached hydrogen (secondary N) is 1. The summed E-state index contributed by atoms with van der Waals surface area (Å²) in [5.41, 5.74) is 3.59. The maximum absolute atomic E-state index is 13.2. The van der Waals surface area contributed by atoms with Crippen molar-refractivity contribution in [3.8, 4) is 0 Å². The molecule has 1 saturated carbocycles. The van der Waals surface area contributed by atoms with Crippen molar-refractivity contribution in [3.63, 3.8) is 0 Å². The van der Waals surface area contributed by atoms with Crippen LogP contribution in [0, 0.1) is 5.41 Å². The first-order valence-electron chi connectivity index (χ1n) is 9.15. The highest BCUT2D eigenvalue weighted by Crippen LogP contribution is 2.58. The number of halogens is 3. The van der Waals surface area contributed by atoms with Crippen LogP contribution in [0.5, 0.6) is 0 Å². The minimum Gasteiger partial charge on any atom is -0.369 e. The zero-order valence-corrected chi connectivity index (χ0v) is 15.8. The molecule has 0 saturated heterocycles. The van der Waals surface area contributed by atoms with Crippen LogP contribution in [0.1, 0.15) is 44.6 Å². The molecule has 2 amide bonds. The van der Waals surface area contributed by atoms with E-state index in [2.05, 4.69) is 10.3 Å². The summed E-state index contributed by atoms with van der Waals surface area (Å²) in [6.07, 6.45) is -3.62. The van der Waals surface area contributed by atoms with Gasteiger partial charge in [-0.3, -0.25) is 14.5 Å². The van der Waals surface area contributed by atoms with Crippen LogP contribution in [0.2, 0.25) is 0 Å². The molecule has 1 heterocycles. The van der Waals surface area contributed by atoms with Gasteiger partial charge in [0.1, 0.15) is 5.41 Å². The van der Waals surface area contributed by atoms with Crippen molar-refractivity contribution >= 4 is 23.5 Å². The molecule has 0 aromatic heterocycles. The van der Waals surface area contributed by atoms with Crippen molar-refractivity contribution in [2.75, 3.05) is 12.4 Å². The molecular formula is C19H23F3N4O2. The number of guanidine groups is 1. The number of nitrogens with two attached hydrogens (primary N) is 1. The Morgan fingerprint density at radius 3 is 2.57 bits per heavy atom. The first-order valence-corrected chi connectivity index (χ1v) is 9.15. The molecule has 3 rings (SSSR count). The normalized spacial score (nSPS) is 24.0. The Balaban J connectivity index is 1.92. The van der Waals surface area contributed by atoms with E-state index >= 15 is 0 Å². The lowest BCUT2D eigenvalue weighted by Crippen LogP contribution is -2.48. The SMILES string of the molecule is CCC[C@@]1(c2cccc(NC(=O)C3(C(F)(F)F)CC3)c2)CC(=O)N(C)C(N)=N1. The fraction of sp³-hybridized carbons (Fsp3) is 0.526. The molecule has 9 heteroatoms. The summed E-state index contributed by atoms with van der Waals surface area (Å²) >= 11 is 0. The lowest BCUT2D eigenvalue weighted by atomic mass is 9.81. The van der Waals surface area contributed by atoms with Crippen LogP contribution in [0.4, 0.5) is 18.9 Å². The number of amides is 2. The topological polar surface area (TPSA) is 87.8 Å². The van der Waals surface area contributed by atoms with E-state index in [0.717, 1.165) is 6.42 Å². The average molecular weight is 396 g/mol. The third-order valence-electron chi connectivity index (χ3n) is 5.54. The molecule has 1 atom stereocenters. The summed E-state index contributed by atoms with van der Waals surface area (Å²) in [6.45, 7) is 1.95. The molecule has 0 unspecified atom stereocenters. The van der Waals surface area contributed by atoms with Gasteiger partial charge in [0.25, 0.3) is 0 Å². The molecular weight excluding hydrogens is 373 g/mol. The monoisotopic (exact) mass is 396 g/mol. The number of rotatable bonds is 5. The summed E-state index contributed by atoms with van der Waals surface area (Å²) in [7, 11) is 1.54. The van der Waals surface area contributed by atoms with Gasteiger partial charge in [0, 0.05) is 12.7 Å². The number of hydrogen-bond donors (Lipinski definition) is 2. The fourth-order valence-corrected chi connectivity index (χ4v) is 3.60. The van der Waals surface area contributed by atoms with Gasteiger partial charge in [0.2, 0.25) is 11.8 Å². The second-order valence-corrected chi connectivity index (χ2v) is 7.50. The van der Waals surface area contributed by atoms with Gasteiger partial charge < -0.3 is 11.1 Å². The zero-order chi connectivity index (χ0) is 20.7.